The van der Waals surface area contributed by atoms with Crippen molar-refractivity contribution in [1.29, 1.82) is 0 Å². The Bertz CT molecular complexity index is 1930. The first-order valence-corrected chi connectivity index (χ1v) is 45.7. The van der Waals surface area contributed by atoms with Crippen LogP contribution in [-0.4, -0.2) is 96.7 Å². The van der Waals surface area contributed by atoms with E-state index in [4.69, 9.17) is 37.0 Å². The van der Waals surface area contributed by atoms with E-state index in [0.29, 0.717) is 25.7 Å². The number of hydrogen-bond donors (Lipinski definition) is 3. The number of rotatable bonds is 82. The number of carbonyl (C=O) groups excluding carboxylic acids is 4. The fourth-order valence-corrected chi connectivity index (χ4v) is 14.3. The fraction of sp³-hybridized carbons (Fsp3) is 0.951. The van der Waals surface area contributed by atoms with E-state index < -0.39 is 97.5 Å². The molecule has 0 aliphatic heterocycles. The Morgan fingerprint density at radius 1 is 0.277 bits per heavy atom. The number of phosphoric ester groups is 2. The molecule has 0 radical (unpaired) electrons. The highest BCUT2D eigenvalue weighted by Gasteiger charge is 2.30. The van der Waals surface area contributed by atoms with Gasteiger partial charge in [-0.2, -0.15) is 0 Å². The number of unbranched alkanes of at least 4 members (excludes halogenated alkanes) is 53. The second-order valence-corrected chi connectivity index (χ2v) is 32.7. The Labute approximate surface area is 619 Å². The third-order valence-electron chi connectivity index (χ3n) is 19.6. The summed E-state index contributed by atoms with van der Waals surface area (Å²) in [4.78, 5) is 72.9. The van der Waals surface area contributed by atoms with Crippen LogP contribution in [0.1, 0.15) is 439 Å². The van der Waals surface area contributed by atoms with Crippen molar-refractivity contribution in [1.82, 2.24) is 0 Å². The van der Waals surface area contributed by atoms with Crippen LogP contribution in [0.15, 0.2) is 0 Å². The lowest BCUT2D eigenvalue weighted by Gasteiger charge is -2.21. The first-order chi connectivity index (χ1) is 49.1. The molecule has 0 aliphatic carbocycles. The maximum atomic E-state index is 13.1. The number of aliphatic hydroxyl groups excluding tert-OH is 1. The molecule has 0 fully saturated rings. The highest BCUT2D eigenvalue weighted by Crippen LogP contribution is 2.45. The molecule has 600 valence electrons. The summed E-state index contributed by atoms with van der Waals surface area (Å²) in [6, 6.07) is 0. The zero-order chi connectivity index (χ0) is 74.1. The van der Waals surface area contributed by atoms with Gasteiger partial charge in [-0.1, -0.05) is 388 Å². The summed E-state index contributed by atoms with van der Waals surface area (Å²) >= 11 is 0. The first kappa shape index (κ1) is 99.1. The van der Waals surface area contributed by atoms with E-state index >= 15 is 0 Å². The van der Waals surface area contributed by atoms with Crippen molar-refractivity contribution in [3.8, 4) is 0 Å². The lowest BCUT2D eigenvalue weighted by molar-refractivity contribution is -0.161. The summed E-state index contributed by atoms with van der Waals surface area (Å²) in [5, 5.41) is 10.6. The zero-order valence-corrected chi connectivity index (χ0v) is 67.8. The summed E-state index contributed by atoms with van der Waals surface area (Å²) in [6.07, 6.45) is 66.7. The van der Waals surface area contributed by atoms with E-state index in [2.05, 4.69) is 34.6 Å². The molecule has 3 N–H and O–H groups in total. The lowest BCUT2D eigenvalue weighted by Crippen LogP contribution is -2.30. The molecule has 0 bridgehead atoms. The number of esters is 4. The number of phosphoric acid groups is 2. The predicted molar refractivity (Wildman–Crippen MR) is 414 cm³/mol. The smallest absolute Gasteiger partial charge is 0.462 e. The molecule has 0 aromatic carbocycles. The highest BCUT2D eigenvalue weighted by molar-refractivity contribution is 7.47. The Morgan fingerprint density at radius 3 is 0.703 bits per heavy atom. The minimum Gasteiger partial charge on any atom is -0.462 e. The molecule has 0 saturated heterocycles. The molecule has 101 heavy (non-hydrogen) atoms. The second-order valence-electron chi connectivity index (χ2n) is 29.8. The molecular weight excluding hydrogens is 1320 g/mol. The summed E-state index contributed by atoms with van der Waals surface area (Å²) < 4.78 is 68.6. The normalized spacial score (nSPS) is 14.1. The molecule has 19 heteroatoms. The van der Waals surface area contributed by atoms with Gasteiger partial charge in [0.2, 0.25) is 0 Å². The van der Waals surface area contributed by atoms with Crippen LogP contribution in [0.3, 0.4) is 0 Å². The number of aliphatic hydroxyl groups is 1. The van der Waals surface area contributed by atoms with Gasteiger partial charge in [0.15, 0.2) is 12.2 Å². The molecule has 3 unspecified atom stereocenters. The standard InChI is InChI=1S/C82H160O17P2/c1-6-10-13-16-19-21-23-25-27-34-38-42-46-51-56-61-66-80(85)93-72-78(99-82(87)68-63-58-53-48-44-40-36-32-30-29-31-33-37-41-45-50-54-59-64-75(5)9-4)74-97-101(90,91)95-70-76(83)69-94-100(88,89)96-73-77(71-92-79(84)65-60-55-49-18-15-12-8-3)98-81(86)67-62-57-52-47-43-39-35-28-26-24-22-20-17-14-11-7-2/h75-78,83H,6-74H2,1-5H3,(H,88,89)(H,90,91)/t75?,76-,77+,78+/m0/s1. The monoisotopic (exact) mass is 1480 g/mol. The van der Waals surface area contributed by atoms with Gasteiger partial charge < -0.3 is 33.8 Å². The molecule has 0 aromatic rings. The fourth-order valence-electron chi connectivity index (χ4n) is 12.7. The minimum absolute atomic E-state index is 0.108. The maximum Gasteiger partial charge on any atom is 0.472 e. The molecular formula is C82H160O17P2. The molecule has 17 nitrogen and oxygen atoms in total. The average molecular weight is 1480 g/mol. The van der Waals surface area contributed by atoms with Crippen molar-refractivity contribution in [3.05, 3.63) is 0 Å². The van der Waals surface area contributed by atoms with E-state index in [-0.39, 0.29) is 25.7 Å². The van der Waals surface area contributed by atoms with Crippen molar-refractivity contribution in [2.45, 2.75) is 457 Å². The van der Waals surface area contributed by atoms with Gasteiger partial charge in [0.05, 0.1) is 26.4 Å². The van der Waals surface area contributed by atoms with Gasteiger partial charge in [-0.25, -0.2) is 9.13 Å². The highest BCUT2D eigenvalue weighted by atomic mass is 31.2. The average Bonchev–Trinajstić information content (AvgIpc) is 0.983. The lowest BCUT2D eigenvalue weighted by atomic mass is 9.99. The third kappa shape index (κ3) is 74.7. The Balaban J connectivity index is 5.16. The van der Waals surface area contributed by atoms with E-state index in [1.165, 1.54) is 250 Å². The Kier molecular flexibility index (Phi) is 73.5. The van der Waals surface area contributed by atoms with Gasteiger partial charge in [-0.15, -0.1) is 0 Å². The van der Waals surface area contributed by atoms with Crippen molar-refractivity contribution in [3.63, 3.8) is 0 Å². The molecule has 6 atom stereocenters. The number of ether oxygens (including phenoxy) is 4. The van der Waals surface area contributed by atoms with Gasteiger partial charge >= 0.3 is 39.5 Å². The van der Waals surface area contributed by atoms with E-state index in [1.54, 1.807) is 0 Å². The molecule has 0 aromatic heterocycles. The largest absolute Gasteiger partial charge is 0.472 e. The van der Waals surface area contributed by atoms with Crippen molar-refractivity contribution in [2.24, 2.45) is 5.92 Å². The van der Waals surface area contributed by atoms with Crippen LogP contribution in [0.2, 0.25) is 0 Å². The van der Waals surface area contributed by atoms with Crippen molar-refractivity contribution in [2.75, 3.05) is 39.6 Å². The van der Waals surface area contributed by atoms with Crippen LogP contribution in [-0.2, 0) is 65.4 Å². The van der Waals surface area contributed by atoms with Gasteiger partial charge in [0.25, 0.3) is 0 Å². The summed E-state index contributed by atoms with van der Waals surface area (Å²) in [6.45, 7) is 7.37. The van der Waals surface area contributed by atoms with E-state index in [0.717, 1.165) is 109 Å². The van der Waals surface area contributed by atoms with Crippen molar-refractivity contribution >= 4 is 39.5 Å². The van der Waals surface area contributed by atoms with Gasteiger partial charge in [-0.3, -0.25) is 37.3 Å². The SMILES string of the molecule is CCCCCCCCCCCCCCCCCCC(=O)OC[C@H](COP(=O)(O)OC[C@@H](O)COP(=O)(O)OC[C@@H](COC(=O)CCCCCCCCC)OC(=O)CCCCCCCCCCCCCCCCCC)OC(=O)CCCCCCCCCCCCCCCCCCCCC(C)CC. The summed E-state index contributed by atoms with van der Waals surface area (Å²) in [5.41, 5.74) is 0. The molecule has 0 aliphatic rings. The predicted octanol–water partition coefficient (Wildman–Crippen LogP) is 24.8. The maximum absolute atomic E-state index is 13.1. The van der Waals surface area contributed by atoms with Gasteiger partial charge in [-0.05, 0) is 31.6 Å². The van der Waals surface area contributed by atoms with Gasteiger partial charge in [0.1, 0.15) is 19.3 Å². The van der Waals surface area contributed by atoms with Crippen LogP contribution in [0.5, 0.6) is 0 Å². The van der Waals surface area contributed by atoms with Crippen molar-refractivity contribution < 1.29 is 80.2 Å². The molecule has 0 spiro atoms. The summed E-state index contributed by atoms with van der Waals surface area (Å²) in [5.74, 6) is -1.24. The second kappa shape index (κ2) is 74.9. The van der Waals surface area contributed by atoms with Crippen LogP contribution in [0, 0.1) is 5.92 Å². The molecule has 0 heterocycles. The molecule has 0 amide bonds. The zero-order valence-electron chi connectivity index (χ0n) is 66.1. The van der Waals surface area contributed by atoms with Crippen LogP contribution in [0.25, 0.3) is 0 Å². The molecule has 0 rings (SSSR count). The first-order valence-electron chi connectivity index (χ1n) is 42.7. The van der Waals surface area contributed by atoms with Crippen LogP contribution < -0.4 is 0 Å². The minimum atomic E-state index is -4.96. The quantitative estimate of drug-likeness (QED) is 0.0222. The van der Waals surface area contributed by atoms with Crippen LogP contribution in [0.4, 0.5) is 0 Å². The third-order valence-corrected chi connectivity index (χ3v) is 21.5. The van der Waals surface area contributed by atoms with E-state index in [1.807, 2.05) is 0 Å². The topological polar surface area (TPSA) is 237 Å². The summed E-state index contributed by atoms with van der Waals surface area (Å²) in [7, 11) is -9.91. The van der Waals surface area contributed by atoms with Gasteiger partial charge in [0, 0.05) is 25.7 Å². The Hall–Kier alpha value is -1.94. The van der Waals surface area contributed by atoms with E-state index in [9.17, 15) is 43.2 Å². The Morgan fingerprint density at radius 2 is 0.475 bits per heavy atom. The number of carbonyl (C=O) groups is 4. The molecule has 0 saturated carbocycles. The number of hydrogen-bond acceptors (Lipinski definition) is 15. The van der Waals surface area contributed by atoms with Crippen LogP contribution >= 0.6 is 15.6 Å².